The lowest BCUT2D eigenvalue weighted by Crippen LogP contribution is -2.35. The Hall–Kier alpha value is -2.38. The Morgan fingerprint density at radius 1 is 1.04 bits per heavy atom. The monoisotopic (exact) mass is 357 g/mol. The third-order valence-electron chi connectivity index (χ3n) is 4.30. The van der Waals surface area contributed by atoms with Gasteiger partial charge in [0, 0.05) is 18.7 Å². The summed E-state index contributed by atoms with van der Waals surface area (Å²) >= 11 is 1.50. The van der Waals surface area contributed by atoms with Crippen molar-refractivity contribution in [3.8, 4) is 22.8 Å². The molecular weight excluding hydrogens is 338 g/mol. The maximum absolute atomic E-state index is 5.43. The molecule has 0 bridgehead atoms. The van der Waals surface area contributed by atoms with E-state index in [1.54, 1.807) is 14.2 Å². The van der Waals surface area contributed by atoms with Crippen molar-refractivity contribution in [3.05, 3.63) is 30.3 Å². The Balaban J connectivity index is 1.70. The quantitative estimate of drug-likeness (QED) is 0.715. The molecule has 0 amide bonds. The first-order valence-corrected chi connectivity index (χ1v) is 8.89. The fourth-order valence-corrected chi connectivity index (χ4v) is 3.84. The number of morpholine rings is 1. The van der Waals surface area contributed by atoms with Crippen LogP contribution in [-0.4, -0.2) is 49.9 Å². The third kappa shape index (κ3) is 3.01. The highest BCUT2D eigenvalue weighted by atomic mass is 32.1. The lowest BCUT2D eigenvalue weighted by Gasteiger charge is -2.27. The second kappa shape index (κ2) is 6.85. The second-order valence-electron chi connectivity index (χ2n) is 5.72. The molecule has 0 radical (unpaired) electrons. The Morgan fingerprint density at radius 3 is 2.60 bits per heavy atom. The van der Waals surface area contributed by atoms with Gasteiger partial charge in [0.15, 0.2) is 17.1 Å². The third-order valence-corrected chi connectivity index (χ3v) is 5.22. The van der Waals surface area contributed by atoms with Gasteiger partial charge >= 0.3 is 0 Å². The van der Waals surface area contributed by atoms with E-state index in [4.69, 9.17) is 19.2 Å². The van der Waals surface area contributed by atoms with E-state index in [0.717, 1.165) is 48.6 Å². The molecule has 0 spiro atoms. The van der Waals surface area contributed by atoms with E-state index in [0.29, 0.717) is 11.5 Å². The maximum atomic E-state index is 5.43. The molecule has 3 aromatic rings. The molecule has 6 nitrogen and oxygen atoms in total. The molecule has 0 atom stereocenters. The summed E-state index contributed by atoms with van der Waals surface area (Å²) in [6.45, 7) is 3.32. The molecule has 0 aliphatic carbocycles. The number of pyridine rings is 1. The zero-order valence-corrected chi connectivity index (χ0v) is 15.0. The smallest absolute Gasteiger partial charge is 0.175 e. The first-order valence-electron chi connectivity index (χ1n) is 8.11. The molecule has 3 heterocycles. The fourth-order valence-electron chi connectivity index (χ4n) is 2.97. The minimum atomic E-state index is 0.689. The lowest BCUT2D eigenvalue weighted by atomic mass is 10.1. The summed E-state index contributed by atoms with van der Waals surface area (Å²) in [5.74, 6) is 1.39. The van der Waals surface area contributed by atoms with Gasteiger partial charge in [-0.3, -0.25) is 0 Å². The summed E-state index contributed by atoms with van der Waals surface area (Å²) in [5, 5.41) is 2.26. The minimum absolute atomic E-state index is 0.689. The van der Waals surface area contributed by atoms with Crippen LogP contribution in [0.3, 0.4) is 0 Å². The molecule has 25 heavy (non-hydrogen) atoms. The molecule has 4 rings (SSSR count). The van der Waals surface area contributed by atoms with Crippen molar-refractivity contribution in [2.45, 2.75) is 0 Å². The second-order valence-corrected chi connectivity index (χ2v) is 6.48. The van der Waals surface area contributed by atoms with Gasteiger partial charge in [0.05, 0.1) is 38.5 Å². The topological polar surface area (TPSA) is 56.7 Å². The van der Waals surface area contributed by atoms with E-state index in [1.807, 2.05) is 24.3 Å². The van der Waals surface area contributed by atoms with E-state index in [1.165, 1.54) is 16.5 Å². The predicted molar refractivity (Wildman–Crippen MR) is 99.0 cm³/mol. The van der Waals surface area contributed by atoms with Gasteiger partial charge in [-0.1, -0.05) is 0 Å². The van der Waals surface area contributed by atoms with Crippen LogP contribution in [0.4, 0.5) is 5.00 Å². The Kier molecular flexibility index (Phi) is 4.42. The van der Waals surface area contributed by atoms with Crippen molar-refractivity contribution in [1.29, 1.82) is 0 Å². The van der Waals surface area contributed by atoms with Crippen molar-refractivity contribution >= 4 is 27.6 Å². The average molecular weight is 357 g/mol. The molecule has 1 aliphatic rings. The van der Waals surface area contributed by atoms with E-state index >= 15 is 0 Å². The number of ether oxygens (including phenoxy) is 3. The Morgan fingerprint density at radius 2 is 1.84 bits per heavy atom. The van der Waals surface area contributed by atoms with E-state index in [-0.39, 0.29) is 0 Å². The van der Waals surface area contributed by atoms with Crippen LogP contribution in [-0.2, 0) is 4.74 Å². The number of hydrogen-bond donors (Lipinski definition) is 0. The molecule has 1 fully saturated rings. The largest absolute Gasteiger partial charge is 0.493 e. The van der Waals surface area contributed by atoms with Gasteiger partial charge < -0.3 is 19.1 Å². The minimum Gasteiger partial charge on any atom is -0.493 e. The number of anilines is 1. The summed E-state index contributed by atoms with van der Waals surface area (Å²) in [5.41, 5.74) is 2.62. The normalized spacial score (nSPS) is 14.7. The molecule has 0 N–H and O–H groups in total. The summed E-state index contributed by atoms with van der Waals surface area (Å²) in [6, 6.07) is 9.93. The van der Waals surface area contributed by atoms with Gasteiger partial charge in [-0.25, -0.2) is 4.98 Å². The van der Waals surface area contributed by atoms with Crippen molar-refractivity contribution in [3.63, 3.8) is 0 Å². The highest BCUT2D eigenvalue weighted by Gasteiger charge is 2.18. The molecule has 130 valence electrons. The van der Waals surface area contributed by atoms with E-state index < -0.39 is 0 Å². The summed E-state index contributed by atoms with van der Waals surface area (Å²) < 4.78 is 20.7. The summed E-state index contributed by atoms with van der Waals surface area (Å²) in [4.78, 5) is 7.06. The SMILES string of the molecule is COc1ccc(-c2ccc3c(N4CCOCC4)snc3n2)cc1OC. The van der Waals surface area contributed by atoms with Crippen LogP contribution in [0.25, 0.3) is 22.3 Å². The summed E-state index contributed by atoms with van der Waals surface area (Å²) in [7, 11) is 3.26. The van der Waals surface area contributed by atoms with E-state index in [9.17, 15) is 0 Å². The molecular formula is C18H19N3O3S. The van der Waals surface area contributed by atoms with Gasteiger partial charge in [-0.2, -0.15) is 4.37 Å². The summed E-state index contributed by atoms with van der Waals surface area (Å²) in [6.07, 6.45) is 0. The standard InChI is InChI=1S/C18H19N3O3S/c1-22-15-6-3-12(11-16(15)23-2)14-5-4-13-17(19-14)20-25-18(13)21-7-9-24-10-8-21/h3-6,11H,7-10H2,1-2H3. The number of fused-ring (bicyclic) bond motifs is 1. The van der Waals surface area contributed by atoms with Crippen LogP contribution >= 0.6 is 11.5 Å². The molecule has 1 saturated heterocycles. The van der Waals surface area contributed by atoms with Gasteiger partial charge in [-0.15, -0.1) is 0 Å². The number of aromatic nitrogens is 2. The first kappa shape index (κ1) is 16.1. The van der Waals surface area contributed by atoms with Crippen LogP contribution in [0.1, 0.15) is 0 Å². The van der Waals surface area contributed by atoms with Gasteiger partial charge in [0.25, 0.3) is 0 Å². The maximum Gasteiger partial charge on any atom is 0.175 e. The Labute approximate surface area is 150 Å². The number of benzene rings is 1. The molecule has 0 unspecified atom stereocenters. The van der Waals surface area contributed by atoms with Crippen LogP contribution in [0.5, 0.6) is 11.5 Å². The lowest BCUT2D eigenvalue weighted by molar-refractivity contribution is 0.123. The average Bonchev–Trinajstić information content (AvgIpc) is 3.11. The first-order chi connectivity index (χ1) is 12.3. The number of rotatable bonds is 4. The van der Waals surface area contributed by atoms with Crippen LogP contribution < -0.4 is 14.4 Å². The van der Waals surface area contributed by atoms with Crippen molar-refractivity contribution in [2.24, 2.45) is 0 Å². The molecule has 0 saturated carbocycles. The number of hydrogen-bond acceptors (Lipinski definition) is 7. The zero-order valence-electron chi connectivity index (χ0n) is 14.2. The van der Waals surface area contributed by atoms with Crippen LogP contribution in [0.15, 0.2) is 30.3 Å². The molecule has 1 aromatic carbocycles. The predicted octanol–water partition coefficient (Wildman–Crippen LogP) is 3.21. The molecule has 2 aromatic heterocycles. The fraction of sp³-hybridized carbons (Fsp3) is 0.333. The van der Waals surface area contributed by atoms with Crippen molar-refractivity contribution in [2.75, 3.05) is 45.4 Å². The number of methoxy groups -OCH3 is 2. The number of nitrogens with zero attached hydrogens (tertiary/aromatic N) is 3. The molecule has 7 heteroatoms. The highest BCUT2D eigenvalue weighted by molar-refractivity contribution is 7.11. The van der Waals surface area contributed by atoms with Gasteiger partial charge in [0.2, 0.25) is 0 Å². The molecule has 1 aliphatic heterocycles. The Bertz CT molecular complexity index is 890. The van der Waals surface area contributed by atoms with Crippen LogP contribution in [0, 0.1) is 0 Å². The van der Waals surface area contributed by atoms with E-state index in [2.05, 4.69) is 15.3 Å². The van der Waals surface area contributed by atoms with Gasteiger partial charge in [-0.05, 0) is 41.9 Å². The highest BCUT2D eigenvalue weighted by Crippen LogP contribution is 2.35. The van der Waals surface area contributed by atoms with Crippen LogP contribution in [0.2, 0.25) is 0 Å². The zero-order chi connectivity index (χ0) is 17.2. The van der Waals surface area contributed by atoms with Gasteiger partial charge in [0.1, 0.15) is 5.00 Å². The van der Waals surface area contributed by atoms with Crippen molar-refractivity contribution < 1.29 is 14.2 Å². The van der Waals surface area contributed by atoms with Crippen molar-refractivity contribution in [1.82, 2.24) is 9.36 Å².